The first-order valence-corrected chi connectivity index (χ1v) is 24.9. The highest BCUT2D eigenvalue weighted by molar-refractivity contribution is 7.90. The number of aliphatic hydroxyl groups excluding tert-OH is 1. The van der Waals surface area contributed by atoms with Crippen LogP contribution in [0, 0.1) is 13.8 Å². The summed E-state index contributed by atoms with van der Waals surface area (Å²) in [6.45, 7) is 19.4. The van der Waals surface area contributed by atoms with E-state index in [1.807, 2.05) is 114 Å². The number of hydrogen-bond donors (Lipinski definition) is 6. The minimum absolute atomic E-state index is 0.00355. The summed E-state index contributed by atoms with van der Waals surface area (Å²) in [5.41, 5.74) is 7.91. The number of nitrogens with zero attached hydrogens (tertiary/aromatic N) is 2. The molecule has 0 atom stereocenters. The first-order valence-electron chi connectivity index (χ1n) is 21.9. The minimum atomic E-state index is -3.69. The summed E-state index contributed by atoms with van der Waals surface area (Å²) in [4.78, 5) is 9.13. The third kappa shape index (κ3) is 13.0. The molecular formula is C51H62N6O8S2. The lowest BCUT2D eigenvalue weighted by molar-refractivity contribution is -0.180. The molecule has 16 heteroatoms. The topological polar surface area (TPSA) is 201 Å². The van der Waals surface area contributed by atoms with Gasteiger partial charge >= 0.3 is 0 Å². The molecule has 6 N–H and O–H groups in total. The van der Waals surface area contributed by atoms with E-state index in [0.717, 1.165) is 45.1 Å². The number of fused-ring (bicyclic) bond motifs is 1. The fraction of sp³-hybridized carbons (Fsp3) is 0.333. The highest BCUT2D eigenvalue weighted by Crippen LogP contribution is 2.36. The average molecular weight is 951 g/mol. The molecule has 2 aromatic heterocycles. The Hall–Kier alpha value is -5.88. The Balaban J connectivity index is 0.000000222. The van der Waals surface area contributed by atoms with Crippen LogP contribution in [0.1, 0.15) is 89.0 Å². The first kappa shape index (κ1) is 50.5. The van der Waals surface area contributed by atoms with Crippen LogP contribution in [0.15, 0.2) is 119 Å². The number of aliphatic hydroxyl groups is 1. The summed E-state index contributed by atoms with van der Waals surface area (Å²) in [7, 11) is -7.36. The molecule has 1 aliphatic heterocycles. The number of rotatable bonds is 13. The molecule has 0 saturated carbocycles. The van der Waals surface area contributed by atoms with Crippen LogP contribution >= 0.6 is 0 Å². The number of sulfonamides is 2. The van der Waals surface area contributed by atoms with E-state index in [4.69, 9.17) is 9.47 Å². The van der Waals surface area contributed by atoms with E-state index in [0.29, 0.717) is 47.6 Å². The molecule has 0 fully saturated rings. The smallest absolute Gasteiger partial charge is 0.241 e. The molecule has 0 bridgehead atoms. The molecule has 0 unspecified atom stereocenters. The maximum Gasteiger partial charge on any atom is 0.241 e. The van der Waals surface area contributed by atoms with Gasteiger partial charge in [0.2, 0.25) is 25.8 Å². The van der Waals surface area contributed by atoms with E-state index < -0.39 is 36.9 Å². The zero-order chi connectivity index (χ0) is 49.0. The summed E-state index contributed by atoms with van der Waals surface area (Å²) >= 11 is 0. The van der Waals surface area contributed by atoms with Crippen molar-refractivity contribution >= 4 is 31.4 Å². The summed E-state index contributed by atoms with van der Waals surface area (Å²) < 4.78 is 69.1. The Morgan fingerprint density at radius 1 is 0.642 bits per heavy atom. The van der Waals surface area contributed by atoms with Crippen molar-refractivity contribution in [2.75, 3.05) is 10.6 Å². The molecule has 4 aromatic carbocycles. The second-order valence-electron chi connectivity index (χ2n) is 18.9. The predicted molar refractivity (Wildman–Crippen MR) is 264 cm³/mol. The van der Waals surface area contributed by atoms with Gasteiger partial charge in [0.15, 0.2) is 0 Å². The van der Waals surface area contributed by atoms with Gasteiger partial charge in [-0.1, -0.05) is 60.7 Å². The van der Waals surface area contributed by atoms with Gasteiger partial charge in [0.05, 0.1) is 34.4 Å². The first-order chi connectivity index (χ1) is 31.4. The van der Waals surface area contributed by atoms with Crippen molar-refractivity contribution in [1.82, 2.24) is 19.4 Å². The zero-order valence-electron chi connectivity index (χ0n) is 39.8. The summed E-state index contributed by atoms with van der Waals surface area (Å²) in [6.07, 6.45) is 3.48. The third-order valence-electron chi connectivity index (χ3n) is 10.5. The van der Waals surface area contributed by atoms with Crippen molar-refractivity contribution in [2.45, 2.75) is 122 Å². The predicted octanol–water partition coefficient (Wildman–Crippen LogP) is 9.33. The second-order valence-corrected chi connectivity index (χ2v) is 22.2. The van der Waals surface area contributed by atoms with Crippen LogP contribution in [0.4, 0.5) is 11.4 Å². The van der Waals surface area contributed by atoms with Gasteiger partial charge in [0.25, 0.3) is 0 Å². The van der Waals surface area contributed by atoms with Gasteiger partial charge in [0, 0.05) is 84.0 Å². The van der Waals surface area contributed by atoms with Gasteiger partial charge in [-0.25, -0.2) is 26.3 Å². The normalized spacial score (nSPS) is 13.7. The lowest BCUT2D eigenvalue weighted by Gasteiger charge is -2.34. The monoisotopic (exact) mass is 950 g/mol. The van der Waals surface area contributed by atoms with Crippen LogP contribution in [0.2, 0.25) is 0 Å². The number of benzene rings is 4. The summed E-state index contributed by atoms with van der Waals surface area (Å²) in [5.74, 6) is 0.120. The standard InChI is InChI=1S/C27H33N3O4S.C24H29N3O4S/c1-18-25-23(17-33-27(5,6)34-25)20(15-28-18)16-29-21-13-11-19(12-14-21)22-9-7-8-10-24(22)35(31,32)30-26(2,3)4;1-16-23(29)21(15-28)18(13-25-16)14-26-19-11-9-17(10-12-19)20-7-5-6-8-22(20)32(30,31)27-24(2,3)4/h7-15,29-30H,16-17H2,1-6H3;5-13,26-29H,14-15H2,1-4H3. The van der Waals surface area contributed by atoms with Gasteiger partial charge in [-0.15, -0.1) is 0 Å². The van der Waals surface area contributed by atoms with Crippen LogP contribution in [0.5, 0.6) is 11.5 Å². The maximum atomic E-state index is 13.0. The van der Waals surface area contributed by atoms with Crippen molar-refractivity contribution in [3.05, 3.63) is 143 Å². The van der Waals surface area contributed by atoms with Crippen LogP contribution < -0.4 is 24.8 Å². The molecule has 0 spiro atoms. The third-order valence-corrected chi connectivity index (χ3v) is 14.1. The second kappa shape index (κ2) is 20.1. The van der Waals surface area contributed by atoms with E-state index in [-0.39, 0.29) is 22.1 Å². The van der Waals surface area contributed by atoms with Crippen LogP contribution in [0.25, 0.3) is 22.3 Å². The molecule has 0 amide bonds. The lowest BCUT2D eigenvalue weighted by atomic mass is 10.0. The molecule has 0 saturated heterocycles. The Bertz CT molecular complexity index is 2930. The fourth-order valence-corrected chi connectivity index (χ4v) is 10.7. The number of hydrogen-bond acceptors (Lipinski definition) is 12. The number of nitrogens with one attached hydrogen (secondary N) is 4. The fourth-order valence-electron chi connectivity index (χ4n) is 7.38. The number of pyridine rings is 2. The quantitative estimate of drug-likeness (QED) is 0.0642. The van der Waals surface area contributed by atoms with E-state index >= 15 is 0 Å². The zero-order valence-corrected chi connectivity index (χ0v) is 41.4. The maximum absolute atomic E-state index is 13.0. The van der Waals surface area contributed by atoms with E-state index in [1.165, 1.54) is 0 Å². The van der Waals surface area contributed by atoms with Crippen molar-refractivity contribution < 1.29 is 36.5 Å². The van der Waals surface area contributed by atoms with Crippen molar-refractivity contribution in [2.24, 2.45) is 0 Å². The molecule has 0 radical (unpaired) electrons. The van der Waals surface area contributed by atoms with Gasteiger partial charge in [-0.05, 0) is 114 Å². The summed E-state index contributed by atoms with van der Waals surface area (Å²) in [5, 5.41) is 26.3. The molecule has 356 valence electrons. The van der Waals surface area contributed by atoms with Crippen molar-refractivity contribution in [3.8, 4) is 33.8 Å². The van der Waals surface area contributed by atoms with Crippen LogP contribution in [-0.4, -0.2) is 53.9 Å². The number of aromatic hydroxyl groups is 1. The average Bonchev–Trinajstić information content (AvgIpc) is 3.25. The molecule has 3 heterocycles. The Labute approximate surface area is 395 Å². The van der Waals surface area contributed by atoms with Gasteiger partial charge in [-0.3, -0.25) is 9.97 Å². The van der Waals surface area contributed by atoms with Gasteiger partial charge < -0.3 is 30.3 Å². The van der Waals surface area contributed by atoms with Gasteiger partial charge in [0.1, 0.15) is 11.5 Å². The number of aryl methyl sites for hydroxylation is 2. The van der Waals surface area contributed by atoms with E-state index in [1.54, 1.807) is 64.2 Å². The molecule has 6 aromatic rings. The van der Waals surface area contributed by atoms with Crippen LogP contribution in [-0.2, 0) is 51.1 Å². The Kier molecular flexibility index (Phi) is 15.2. The lowest BCUT2D eigenvalue weighted by Crippen LogP contribution is -2.40. The van der Waals surface area contributed by atoms with E-state index in [9.17, 15) is 27.0 Å². The summed E-state index contributed by atoms with van der Waals surface area (Å²) in [6, 6.07) is 29.1. The Morgan fingerprint density at radius 2 is 1.07 bits per heavy atom. The number of anilines is 2. The SMILES string of the molecule is Cc1ncc(CNc2ccc(-c3ccccc3S(=O)(=O)NC(C)(C)C)cc2)c(CO)c1O.Cc1ncc(CNc2ccc(-c3ccccc3S(=O)(=O)NC(C)(C)C)cc2)c2c1OC(C)(C)OC2. The van der Waals surface area contributed by atoms with Gasteiger partial charge in [-0.2, -0.15) is 0 Å². The van der Waals surface area contributed by atoms with E-state index in [2.05, 4.69) is 30.0 Å². The molecule has 1 aliphatic rings. The number of ether oxygens (including phenoxy) is 2. The Morgan fingerprint density at radius 3 is 1.54 bits per heavy atom. The molecule has 67 heavy (non-hydrogen) atoms. The highest BCUT2D eigenvalue weighted by Gasteiger charge is 2.31. The minimum Gasteiger partial charge on any atom is -0.506 e. The molecule has 14 nitrogen and oxygen atoms in total. The van der Waals surface area contributed by atoms with Crippen molar-refractivity contribution in [1.29, 1.82) is 0 Å². The van der Waals surface area contributed by atoms with Crippen molar-refractivity contribution in [3.63, 3.8) is 0 Å². The van der Waals surface area contributed by atoms with Crippen LogP contribution in [0.3, 0.4) is 0 Å². The largest absolute Gasteiger partial charge is 0.506 e. The molecule has 7 rings (SSSR count). The molecule has 0 aliphatic carbocycles. The number of aromatic nitrogens is 2. The highest BCUT2D eigenvalue weighted by atomic mass is 32.2. The molecular weight excluding hydrogens is 889 g/mol.